The first-order chi connectivity index (χ1) is 57.7. The molecule has 3 heterocycles. The van der Waals surface area contributed by atoms with E-state index >= 15 is 0 Å². The van der Waals surface area contributed by atoms with Gasteiger partial charge in [-0.1, -0.05) is 58.9 Å². The number of primary amides is 1. The van der Waals surface area contributed by atoms with Gasteiger partial charge in [-0.2, -0.15) is 11.8 Å². The Morgan fingerprint density at radius 3 is 1.48 bits per heavy atom. The lowest BCUT2D eigenvalue weighted by Crippen LogP contribution is -2.62. The zero-order valence-corrected chi connectivity index (χ0v) is 71.9. The number of carbonyl (C=O) groups is 15. The van der Waals surface area contributed by atoms with Gasteiger partial charge in [-0.15, -0.1) is 5.10 Å². The lowest BCUT2D eigenvalue weighted by atomic mass is 9.99. The Bertz CT molecular complexity index is 3860. The zero-order valence-electron chi connectivity index (χ0n) is 71.1. The van der Waals surface area contributed by atoms with Gasteiger partial charge in [-0.3, -0.25) is 87.6 Å². The van der Waals surface area contributed by atoms with Crippen molar-refractivity contribution in [2.45, 2.75) is 268 Å². The number of hydrogen-bond acceptors (Lipinski definition) is 25. The first kappa shape index (κ1) is 104. The van der Waals surface area contributed by atoms with Crippen molar-refractivity contribution in [2.75, 3.05) is 57.9 Å². The smallest absolute Gasteiger partial charge is 0.326 e. The number of aliphatic carboxylic acids is 2. The Morgan fingerprint density at radius 2 is 0.967 bits per heavy atom. The SMILES string of the molecule is CSCC[C@H](NCC(=O)CCCCn1cc(CCCC(=O)CN[C@@H](CCCN=C(N)N)C(=O)N[C@@H](CCCN=C(N)N)C(=O)N2CCC[C@H]2C(=O)N[C@@H](Cc2ccc(O)cc2)C(=O)N[C@@H](CC(C)C)C(=O)N[C@@H](CC(C)C)C(=O)O)nn1)C(=O)N[C@@H](CCC(N)=O)C(=O)N[C@@H](CO)C(=O)N[C@H](C(=O)N1CCC[C@H]1C(=O)N[C@@H](CC(C)C)C(=O)O)[C@@H](C)O. The highest BCUT2D eigenvalue weighted by Gasteiger charge is 2.44. The molecule has 0 spiro atoms. The Labute approximate surface area is 714 Å². The van der Waals surface area contributed by atoms with Crippen molar-refractivity contribution in [3.8, 4) is 5.75 Å². The minimum absolute atomic E-state index is 0.0109. The second kappa shape index (κ2) is 54.0. The van der Waals surface area contributed by atoms with Gasteiger partial charge in [0, 0.05) is 64.6 Å². The van der Waals surface area contributed by atoms with Crippen LogP contribution in [-0.2, 0) is 91.3 Å². The molecule has 2 aromatic rings. The molecule has 0 unspecified atom stereocenters. The number of carboxylic acid groups (broad SMARTS) is 2. The van der Waals surface area contributed by atoms with Crippen LogP contribution in [-0.4, -0.2) is 287 Å². The Balaban J connectivity index is 1.35. The van der Waals surface area contributed by atoms with E-state index in [1.807, 2.05) is 13.8 Å². The molecule has 43 heteroatoms. The fourth-order valence-corrected chi connectivity index (χ4v) is 14.3. The molecule has 42 nitrogen and oxygen atoms in total. The number of aliphatic hydroxyl groups excluding tert-OH is 2. The number of amides is 11. The largest absolute Gasteiger partial charge is 0.508 e. The number of benzene rings is 1. The molecular weight excluding hydrogens is 1610 g/mol. The van der Waals surface area contributed by atoms with Gasteiger partial charge in [0.15, 0.2) is 11.9 Å². The number of nitrogens with one attached hydrogen (secondary N) is 10. The number of guanidine groups is 2. The van der Waals surface area contributed by atoms with E-state index in [1.165, 1.54) is 35.7 Å². The molecule has 4 rings (SSSR count). The molecule has 122 heavy (non-hydrogen) atoms. The first-order valence-electron chi connectivity index (χ1n) is 41.6. The second-order valence-corrected chi connectivity index (χ2v) is 33.1. The predicted octanol–water partition coefficient (Wildman–Crippen LogP) is -3.56. The van der Waals surface area contributed by atoms with Crippen molar-refractivity contribution in [3.05, 3.63) is 41.7 Å². The number of hydrogen-bond donors (Lipinski definition) is 20. The van der Waals surface area contributed by atoms with Crippen LogP contribution in [0.5, 0.6) is 5.75 Å². The maximum Gasteiger partial charge on any atom is 0.326 e. The lowest BCUT2D eigenvalue weighted by molar-refractivity contribution is -0.146. The first-order valence-corrected chi connectivity index (χ1v) is 42.9. The second-order valence-electron chi connectivity index (χ2n) is 32.1. The topological polar surface area (TPSA) is 670 Å². The molecule has 2 saturated heterocycles. The number of carbonyl (C=O) groups excluding carboxylic acids is 13. The number of rotatable bonds is 59. The number of nitrogens with zero attached hydrogens (tertiary/aromatic N) is 7. The van der Waals surface area contributed by atoms with Gasteiger partial charge in [0.05, 0.1) is 43.6 Å². The molecule has 0 radical (unpaired) electrons. The number of unbranched alkanes of at least 4 members (excludes halogenated alkanes) is 1. The number of nitrogens with two attached hydrogens (primary N) is 5. The van der Waals surface area contributed by atoms with E-state index in [0.717, 1.165) is 4.90 Å². The van der Waals surface area contributed by atoms with Crippen LogP contribution in [0.25, 0.3) is 0 Å². The Hall–Kier alpha value is -10.7. The van der Waals surface area contributed by atoms with Gasteiger partial charge in [0.25, 0.3) is 0 Å². The van der Waals surface area contributed by atoms with Gasteiger partial charge in [-0.05, 0) is 164 Å². The van der Waals surface area contributed by atoms with E-state index < -0.39 is 169 Å². The number of ketones is 2. The summed E-state index contributed by atoms with van der Waals surface area (Å²) in [6.45, 7) is 11.1. The van der Waals surface area contributed by atoms with Crippen molar-refractivity contribution in [2.24, 2.45) is 56.4 Å². The number of likely N-dealkylation sites (tertiary alicyclic amines) is 2. The van der Waals surface area contributed by atoms with Crippen LogP contribution in [0.1, 0.15) is 182 Å². The van der Waals surface area contributed by atoms with Crippen molar-refractivity contribution in [3.63, 3.8) is 0 Å². The normalized spacial score (nSPS) is 16.6. The summed E-state index contributed by atoms with van der Waals surface area (Å²) in [4.78, 5) is 214. The monoisotopic (exact) mass is 1740 g/mol. The molecule has 1 aromatic heterocycles. The van der Waals surface area contributed by atoms with Crippen molar-refractivity contribution >= 4 is 112 Å². The Morgan fingerprint density at radius 1 is 0.516 bits per heavy atom. The van der Waals surface area contributed by atoms with E-state index in [9.17, 15) is 97.5 Å². The highest BCUT2D eigenvalue weighted by Crippen LogP contribution is 2.24. The van der Waals surface area contributed by atoms with Crippen molar-refractivity contribution in [1.29, 1.82) is 0 Å². The van der Waals surface area contributed by atoms with E-state index in [4.69, 9.17) is 28.7 Å². The third-order valence-corrected chi connectivity index (χ3v) is 20.9. The number of carboxylic acids is 2. The van der Waals surface area contributed by atoms with Crippen LogP contribution in [0.15, 0.2) is 40.4 Å². The van der Waals surface area contributed by atoms with Crippen LogP contribution in [0.3, 0.4) is 0 Å². The van der Waals surface area contributed by atoms with Gasteiger partial charge < -0.3 is 107 Å². The summed E-state index contributed by atoms with van der Waals surface area (Å²) in [6, 6.07) is -9.86. The quantitative estimate of drug-likeness (QED) is 0.0173. The number of aliphatic imine (C=N–C) groups is 2. The maximum absolute atomic E-state index is 14.9. The van der Waals surface area contributed by atoms with Crippen molar-refractivity contribution in [1.82, 2.24) is 78.0 Å². The van der Waals surface area contributed by atoms with E-state index in [-0.39, 0.29) is 176 Å². The summed E-state index contributed by atoms with van der Waals surface area (Å²) in [6.07, 6.45) is 4.80. The molecule has 1 aromatic carbocycles. The van der Waals surface area contributed by atoms with E-state index in [0.29, 0.717) is 62.1 Å². The molecule has 2 fully saturated rings. The fraction of sp³-hybridized carbons (Fsp3) is 0.684. The molecule has 0 bridgehead atoms. The summed E-state index contributed by atoms with van der Waals surface area (Å²) in [5.74, 6) is -12.4. The Kier molecular flexibility index (Phi) is 45.9. The summed E-state index contributed by atoms with van der Waals surface area (Å²) >= 11 is 1.40. The summed E-state index contributed by atoms with van der Waals surface area (Å²) in [5, 5.41) is 85.8. The summed E-state index contributed by atoms with van der Waals surface area (Å²) in [5.41, 5.74) is 28.9. The molecule has 0 saturated carbocycles. The summed E-state index contributed by atoms with van der Waals surface area (Å²) in [7, 11) is 0. The lowest BCUT2D eigenvalue weighted by Gasteiger charge is -2.31. The minimum atomic E-state index is -1.78. The van der Waals surface area contributed by atoms with Crippen LogP contribution >= 0.6 is 11.8 Å². The number of thioether (sulfide) groups is 1. The molecule has 2 aliphatic heterocycles. The molecule has 25 N–H and O–H groups in total. The van der Waals surface area contributed by atoms with Crippen molar-refractivity contribution < 1.29 is 97.5 Å². The maximum atomic E-state index is 14.9. The van der Waals surface area contributed by atoms with Gasteiger partial charge in [-0.25, -0.2) is 9.59 Å². The minimum Gasteiger partial charge on any atom is -0.508 e. The number of aryl methyl sites for hydroxylation is 2. The number of phenolic OH excluding ortho intramolecular Hbond substituents is 1. The number of Topliss-reactive ketones (excluding diaryl/α,β-unsaturated/α-hetero) is 2. The standard InChI is InChI=1S/C79H130N22O20S/c1-44(2)36-57(69(111)93-59(76(118)119)37-45(3)4)91-70(112)58(39-48-23-25-50(104)26-24-48)92-72(114)62-21-14-33-100(62)74(116)56(20-13-31-86-79(83)84)90-66(108)53(19-12-30-85-78(81)82)87-41-52(106)18-11-16-49-42-99(98-97-49)32-10-9-17-51(105)40-88-54(29-35-122-8)67(109)89-55(27-28-64(80)107)68(110)95-61(43-102)71(113)96-65(47(7)103)75(117)101-34-15-22-63(101)73(115)94-60(77(120)121)38-46(5)6/h23-26,42,44-47,53-63,65,87-88,102-104H,9-22,27-41,43H2,1-8H3,(H2,80,107)(H,89,109)(H,90,108)(H,91,112)(H,92,114)(H,93,111)(H,94,115)(H,95,110)(H,96,113)(H,118,119)(H,120,121)(H4,81,82,85)(H4,83,84,86)/t47-,53+,54+,55+,56+,57+,58+,59+,60+,61+,62+,63+,65+/m1/s1. The molecule has 682 valence electrons. The average Bonchev–Trinajstić information content (AvgIpc) is 1.64. The van der Waals surface area contributed by atoms with Gasteiger partial charge >= 0.3 is 11.9 Å². The van der Waals surface area contributed by atoms with Crippen LogP contribution < -0.4 is 81.8 Å². The molecule has 11 amide bonds. The highest BCUT2D eigenvalue weighted by atomic mass is 32.2. The number of aromatic nitrogens is 3. The zero-order chi connectivity index (χ0) is 90.9. The van der Waals surface area contributed by atoms with Gasteiger partial charge in [0.2, 0.25) is 65.0 Å². The van der Waals surface area contributed by atoms with Crippen LogP contribution in [0.2, 0.25) is 0 Å². The highest BCUT2D eigenvalue weighted by molar-refractivity contribution is 7.98. The molecule has 0 aliphatic carbocycles. The van der Waals surface area contributed by atoms with Crippen LogP contribution in [0.4, 0.5) is 0 Å². The number of aliphatic hydroxyl groups is 2. The molecular formula is C79H130N22O20S. The van der Waals surface area contributed by atoms with Gasteiger partial charge in [0.1, 0.15) is 77.7 Å². The van der Waals surface area contributed by atoms with E-state index in [2.05, 4.69) is 73.5 Å². The predicted molar refractivity (Wildman–Crippen MR) is 451 cm³/mol. The van der Waals surface area contributed by atoms with Crippen LogP contribution in [0, 0.1) is 17.8 Å². The molecule has 13 atom stereocenters. The van der Waals surface area contributed by atoms with E-state index in [1.54, 1.807) is 57.0 Å². The third-order valence-electron chi connectivity index (χ3n) is 20.3. The molecule has 2 aliphatic rings. The summed E-state index contributed by atoms with van der Waals surface area (Å²) < 4.78 is 1.59. The fourth-order valence-electron chi connectivity index (χ4n) is 13.9. The third kappa shape index (κ3) is 37.8. The number of aromatic hydroxyl groups is 1. The number of phenols is 1. The average molecular weight is 1740 g/mol.